The van der Waals surface area contributed by atoms with Crippen molar-refractivity contribution in [1.82, 2.24) is 4.98 Å². The van der Waals surface area contributed by atoms with E-state index in [1.807, 2.05) is 6.92 Å². The third-order valence-electron chi connectivity index (χ3n) is 2.17. The number of hydrogen-bond donors (Lipinski definition) is 1. The lowest BCUT2D eigenvalue weighted by Gasteiger charge is -2.10. The average Bonchev–Trinajstić information content (AvgIpc) is 2.26. The minimum Gasteiger partial charge on any atom is -0.449 e. The smallest absolute Gasteiger partial charge is 0.411 e. The average molecular weight is 287 g/mol. The van der Waals surface area contributed by atoms with Crippen LogP contribution in [0.2, 0.25) is 0 Å². The van der Waals surface area contributed by atoms with Gasteiger partial charge in [-0.1, -0.05) is 20.3 Å². The van der Waals surface area contributed by atoms with Crippen LogP contribution in [-0.4, -0.2) is 17.7 Å². The number of pyridine rings is 1. The van der Waals surface area contributed by atoms with Gasteiger partial charge in [-0.2, -0.15) is 0 Å². The molecule has 16 heavy (non-hydrogen) atoms. The minimum absolute atomic E-state index is 0.384. The number of anilines is 1. The second-order valence-corrected chi connectivity index (χ2v) is 4.42. The molecule has 1 amide bonds. The first-order valence-electron chi connectivity index (χ1n) is 5.17. The lowest BCUT2D eigenvalue weighted by Crippen LogP contribution is -2.17. The van der Waals surface area contributed by atoms with Gasteiger partial charge in [0.25, 0.3) is 0 Å². The van der Waals surface area contributed by atoms with Crippen molar-refractivity contribution in [2.45, 2.75) is 20.3 Å². The monoisotopic (exact) mass is 286 g/mol. The zero-order valence-corrected chi connectivity index (χ0v) is 11.0. The van der Waals surface area contributed by atoms with Crippen LogP contribution in [0.5, 0.6) is 0 Å². The summed E-state index contributed by atoms with van der Waals surface area (Å²) in [5, 5.41) is 2.63. The zero-order valence-electron chi connectivity index (χ0n) is 9.37. The van der Waals surface area contributed by atoms with Crippen LogP contribution >= 0.6 is 15.9 Å². The Bertz CT molecular complexity index is 358. The molecule has 1 aromatic heterocycles. The molecule has 0 fully saturated rings. The first-order valence-corrected chi connectivity index (χ1v) is 5.96. The van der Waals surface area contributed by atoms with Gasteiger partial charge in [0.15, 0.2) is 0 Å². The number of amides is 1. The van der Waals surface area contributed by atoms with E-state index in [0.29, 0.717) is 22.8 Å². The van der Waals surface area contributed by atoms with E-state index in [-0.39, 0.29) is 0 Å². The number of nitrogens with one attached hydrogen (secondary N) is 1. The summed E-state index contributed by atoms with van der Waals surface area (Å²) in [6.45, 7) is 4.54. The van der Waals surface area contributed by atoms with E-state index in [2.05, 4.69) is 33.2 Å². The molecule has 1 atom stereocenters. The lowest BCUT2D eigenvalue weighted by atomic mass is 10.1. The van der Waals surface area contributed by atoms with Crippen LogP contribution in [0.4, 0.5) is 10.5 Å². The summed E-state index contributed by atoms with van der Waals surface area (Å²) in [4.78, 5) is 15.3. The highest BCUT2D eigenvalue weighted by Gasteiger charge is 2.06. The van der Waals surface area contributed by atoms with Crippen molar-refractivity contribution in [2.24, 2.45) is 5.92 Å². The summed E-state index contributed by atoms with van der Waals surface area (Å²) < 4.78 is 5.73. The molecule has 0 aliphatic rings. The normalized spacial score (nSPS) is 11.9. The fraction of sp³-hybridized carbons (Fsp3) is 0.455. The quantitative estimate of drug-likeness (QED) is 0.863. The highest BCUT2D eigenvalue weighted by molar-refractivity contribution is 9.10. The van der Waals surface area contributed by atoms with Crippen molar-refractivity contribution in [3.05, 3.63) is 22.9 Å². The van der Waals surface area contributed by atoms with Crippen molar-refractivity contribution < 1.29 is 9.53 Å². The number of ether oxygens (including phenoxy) is 1. The van der Waals surface area contributed by atoms with Gasteiger partial charge in [-0.15, -0.1) is 0 Å². The van der Waals surface area contributed by atoms with Gasteiger partial charge in [0.1, 0.15) is 4.60 Å². The van der Waals surface area contributed by atoms with Crippen molar-refractivity contribution >= 4 is 27.7 Å². The fourth-order valence-electron chi connectivity index (χ4n) is 0.970. The van der Waals surface area contributed by atoms with Crippen LogP contribution in [0.15, 0.2) is 22.9 Å². The highest BCUT2D eigenvalue weighted by Crippen LogP contribution is 2.13. The van der Waals surface area contributed by atoms with E-state index >= 15 is 0 Å². The van der Waals surface area contributed by atoms with E-state index in [1.54, 1.807) is 18.3 Å². The van der Waals surface area contributed by atoms with E-state index in [1.165, 1.54) is 0 Å². The number of hydrogen-bond acceptors (Lipinski definition) is 3. The minimum atomic E-state index is -0.432. The van der Waals surface area contributed by atoms with E-state index < -0.39 is 6.09 Å². The van der Waals surface area contributed by atoms with Gasteiger partial charge in [0, 0.05) is 11.9 Å². The molecular weight excluding hydrogens is 272 g/mol. The van der Waals surface area contributed by atoms with Gasteiger partial charge in [-0.25, -0.2) is 9.78 Å². The summed E-state index contributed by atoms with van der Waals surface area (Å²) in [7, 11) is 0. The second kappa shape index (κ2) is 6.48. The first kappa shape index (κ1) is 13.0. The van der Waals surface area contributed by atoms with E-state index in [9.17, 15) is 4.79 Å². The van der Waals surface area contributed by atoms with Gasteiger partial charge in [-0.3, -0.25) is 5.32 Å². The molecular formula is C11H15BrN2O2. The molecule has 0 aliphatic heterocycles. The largest absolute Gasteiger partial charge is 0.449 e. The molecule has 1 N–H and O–H groups in total. The molecule has 0 radical (unpaired) electrons. The van der Waals surface area contributed by atoms with Crippen molar-refractivity contribution in [3.8, 4) is 0 Å². The predicted molar refractivity (Wildman–Crippen MR) is 66.4 cm³/mol. The van der Waals surface area contributed by atoms with Crippen molar-refractivity contribution in [2.75, 3.05) is 11.9 Å². The van der Waals surface area contributed by atoms with Crippen molar-refractivity contribution in [3.63, 3.8) is 0 Å². The molecule has 0 saturated heterocycles. The zero-order chi connectivity index (χ0) is 12.0. The van der Waals surface area contributed by atoms with Gasteiger partial charge < -0.3 is 4.74 Å². The molecule has 0 aromatic carbocycles. The lowest BCUT2D eigenvalue weighted by molar-refractivity contribution is 0.143. The van der Waals surface area contributed by atoms with Crippen LogP contribution in [0.25, 0.3) is 0 Å². The Morgan fingerprint density at radius 3 is 3.06 bits per heavy atom. The molecule has 0 aliphatic carbocycles. The SMILES string of the molecule is CCC(C)COC(=O)Nc1ccnc(Br)c1. The van der Waals surface area contributed by atoms with E-state index in [4.69, 9.17) is 4.74 Å². The second-order valence-electron chi connectivity index (χ2n) is 3.60. The fourth-order valence-corrected chi connectivity index (χ4v) is 1.33. The molecule has 0 bridgehead atoms. The summed E-state index contributed by atoms with van der Waals surface area (Å²) in [6, 6.07) is 3.42. The number of carbonyl (C=O) groups is 1. The van der Waals surface area contributed by atoms with Crippen molar-refractivity contribution in [1.29, 1.82) is 0 Å². The molecule has 1 heterocycles. The first-order chi connectivity index (χ1) is 7.61. The van der Waals surface area contributed by atoms with Crippen LogP contribution < -0.4 is 5.32 Å². The van der Waals surface area contributed by atoms with Crippen LogP contribution in [0.1, 0.15) is 20.3 Å². The standard InChI is InChI=1S/C11H15BrN2O2/c1-3-8(2)7-16-11(15)14-9-4-5-13-10(12)6-9/h4-6,8H,3,7H2,1-2H3,(H,13,14,15). The van der Waals surface area contributed by atoms with Gasteiger partial charge in [-0.05, 0) is 34.0 Å². The molecule has 4 nitrogen and oxygen atoms in total. The molecule has 88 valence electrons. The summed E-state index contributed by atoms with van der Waals surface area (Å²) in [5.74, 6) is 0.384. The van der Waals surface area contributed by atoms with E-state index in [0.717, 1.165) is 6.42 Å². The Balaban J connectivity index is 2.40. The Kier molecular flexibility index (Phi) is 5.25. The van der Waals surface area contributed by atoms with Crippen LogP contribution in [0, 0.1) is 5.92 Å². The molecule has 0 spiro atoms. The number of aromatic nitrogens is 1. The number of nitrogens with zero attached hydrogens (tertiary/aromatic N) is 1. The Labute approximate surface area is 104 Å². The summed E-state index contributed by atoms with van der Waals surface area (Å²) in [5.41, 5.74) is 0.663. The number of carbonyl (C=O) groups excluding carboxylic acids is 1. The Morgan fingerprint density at radius 1 is 1.69 bits per heavy atom. The summed E-state index contributed by atoms with van der Waals surface area (Å²) in [6.07, 6.45) is 2.17. The Morgan fingerprint density at radius 2 is 2.44 bits per heavy atom. The highest BCUT2D eigenvalue weighted by atomic mass is 79.9. The van der Waals surface area contributed by atoms with Gasteiger partial charge in [0.05, 0.1) is 6.61 Å². The van der Waals surface area contributed by atoms with Crippen LogP contribution in [0.3, 0.4) is 0 Å². The maximum Gasteiger partial charge on any atom is 0.411 e. The molecule has 1 rings (SSSR count). The van der Waals surface area contributed by atoms with Gasteiger partial charge >= 0.3 is 6.09 Å². The summed E-state index contributed by atoms with van der Waals surface area (Å²) >= 11 is 3.22. The third-order valence-corrected chi connectivity index (χ3v) is 2.60. The Hall–Kier alpha value is -1.10. The van der Waals surface area contributed by atoms with Gasteiger partial charge in [0.2, 0.25) is 0 Å². The molecule has 0 saturated carbocycles. The maximum absolute atomic E-state index is 11.4. The molecule has 5 heteroatoms. The third kappa shape index (κ3) is 4.61. The number of rotatable bonds is 4. The molecule has 1 aromatic rings. The van der Waals surface area contributed by atoms with Crippen LogP contribution in [-0.2, 0) is 4.74 Å². The molecule has 1 unspecified atom stereocenters. The topological polar surface area (TPSA) is 51.2 Å². The maximum atomic E-state index is 11.4. The predicted octanol–water partition coefficient (Wildman–Crippen LogP) is 3.44. The number of halogens is 1.